The summed E-state index contributed by atoms with van der Waals surface area (Å²) in [5.41, 5.74) is 0.798. The van der Waals surface area contributed by atoms with Crippen LogP contribution in [0.3, 0.4) is 0 Å². The van der Waals surface area contributed by atoms with Gasteiger partial charge in [-0.3, -0.25) is 9.52 Å². The third-order valence-electron chi connectivity index (χ3n) is 3.56. The molecule has 1 heterocycles. The Kier molecular flexibility index (Phi) is 6.19. The number of benzene rings is 2. The first kappa shape index (κ1) is 20.5. The zero-order valence-corrected chi connectivity index (χ0v) is 17.1. The maximum absolute atomic E-state index is 13.4. The van der Waals surface area contributed by atoms with Crippen molar-refractivity contribution in [3.05, 3.63) is 75.0 Å². The van der Waals surface area contributed by atoms with Crippen LogP contribution in [0.5, 0.6) is 0 Å². The quantitative estimate of drug-likeness (QED) is 0.574. The van der Waals surface area contributed by atoms with Crippen LogP contribution >= 0.6 is 34.5 Å². The first-order chi connectivity index (χ1) is 13.2. The SMILES string of the molecule is O=C(NCc1ccc(Cl)c(F)c1)c1ccc(S(=O)(=O)Nc2ncc(Cl)s2)cc1. The van der Waals surface area contributed by atoms with E-state index in [9.17, 15) is 17.6 Å². The summed E-state index contributed by atoms with van der Waals surface area (Å²) in [7, 11) is -3.85. The molecule has 0 aliphatic carbocycles. The fourth-order valence-electron chi connectivity index (χ4n) is 2.19. The monoisotopic (exact) mass is 459 g/mol. The van der Waals surface area contributed by atoms with Gasteiger partial charge in [-0.2, -0.15) is 0 Å². The molecule has 3 aromatic rings. The van der Waals surface area contributed by atoms with Crippen LogP contribution < -0.4 is 10.0 Å². The molecule has 0 bridgehead atoms. The number of carbonyl (C=O) groups is 1. The van der Waals surface area contributed by atoms with Crippen molar-refractivity contribution in [2.75, 3.05) is 4.72 Å². The van der Waals surface area contributed by atoms with E-state index in [1.165, 1.54) is 42.6 Å². The first-order valence-electron chi connectivity index (χ1n) is 7.71. The van der Waals surface area contributed by atoms with E-state index in [2.05, 4.69) is 15.0 Å². The second-order valence-corrected chi connectivity index (χ2v) is 9.28. The summed E-state index contributed by atoms with van der Waals surface area (Å²) in [6.07, 6.45) is 1.34. The highest BCUT2D eigenvalue weighted by Gasteiger charge is 2.17. The fraction of sp³-hybridized carbons (Fsp3) is 0.0588. The van der Waals surface area contributed by atoms with Gasteiger partial charge in [-0.25, -0.2) is 17.8 Å². The molecular formula is C17H12Cl2FN3O3S2. The van der Waals surface area contributed by atoms with Crippen LogP contribution in [-0.4, -0.2) is 19.3 Å². The van der Waals surface area contributed by atoms with Crippen molar-refractivity contribution in [1.82, 2.24) is 10.3 Å². The van der Waals surface area contributed by atoms with Gasteiger partial charge >= 0.3 is 0 Å². The van der Waals surface area contributed by atoms with Crippen LogP contribution in [0, 0.1) is 5.82 Å². The molecule has 0 atom stereocenters. The number of nitrogens with zero attached hydrogens (tertiary/aromatic N) is 1. The van der Waals surface area contributed by atoms with Gasteiger partial charge in [0.1, 0.15) is 10.2 Å². The summed E-state index contributed by atoms with van der Waals surface area (Å²) in [4.78, 5) is 16.0. The van der Waals surface area contributed by atoms with Crippen molar-refractivity contribution in [3.63, 3.8) is 0 Å². The highest BCUT2D eigenvalue weighted by atomic mass is 35.5. The number of carbonyl (C=O) groups excluding carboxylic acids is 1. The van der Waals surface area contributed by atoms with E-state index in [-0.39, 0.29) is 27.2 Å². The van der Waals surface area contributed by atoms with Crippen molar-refractivity contribution in [1.29, 1.82) is 0 Å². The second-order valence-electron chi connectivity index (χ2n) is 5.53. The Labute approximate surface area is 174 Å². The van der Waals surface area contributed by atoms with E-state index in [1.54, 1.807) is 6.07 Å². The van der Waals surface area contributed by atoms with Gasteiger partial charge in [-0.05, 0) is 42.0 Å². The molecule has 0 saturated carbocycles. The standard InChI is InChI=1S/C17H12Cl2FN3O3S2/c18-13-6-1-10(7-14(13)20)8-21-16(24)11-2-4-12(5-3-11)28(25,26)23-17-22-9-15(19)27-17/h1-7,9H,8H2,(H,21,24)(H,22,23). The van der Waals surface area contributed by atoms with E-state index in [0.717, 1.165) is 11.3 Å². The van der Waals surface area contributed by atoms with Gasteiger partial charge in [0.05, 0.1) is 16.1 Å². The van der Waals surface area contributed by atoms with E-state index in [0.29, 0.717) is 9.90 Å². The molecule has 11 heteroatoms. The number of aromatic nitrogens is 1. The lowest BCUT2D eigenvalue weighted by Gasteiger charge is -2.08. The van der Waals surface area contributed by atoms with E-state index in [4.69, 9.17) is 23.2 Å². The number of halogens is 3. The number of nitrogens with one attached hydrogen (secondary N) is 2. The Bertz CT molecular complexity index is 1120. The number of rotatable bonds is 6. The summed E-state index contributed by atoms with van der Waals surface area (Å²) in [6.45, 7) is 0.0966. The average molecular weight is 460 g/mol. The number of hydrogen-bond donors (Lipinski definition) is 2. The lowest BCUT2D eigenvalue weighted by atomic mass is 10.2. The number of amides is 1. The Morgan fingerprint density at radius 1 is 1.14 bits per heavy atom. The Balaban J connectivity index is 1.65. The third-order valence-corrected chi connectivity index (χ3v) is 6.38. The Morgan fingerprint density at radius 2 is 1.86 bits per heavy atom. The molecule has 1 aromatic heterocycles. The summed E-state index contributed by atoms with van der Waals surface area (Å²) < 4.78 is 40.7. The van der Waals surface area contributed by atoms with Gasteiger partial charge in [0, 0.05) is 12.1 Å². The van der Waals surface area contributed by atoms with Crippen LogP contribution in [0.4, 0.5) is 9.52 Å². The molecule has 1 amide bonds. The molecule has 0 saturated heterocycles. The molecule has 0 aliphatic heterocycles. The molecule has 28 heavy (non-hydrogen) atoms. The van der Waals surface area contributed by atoms with E-state index < -0.39 is 21.7 Å². The van der Waals surface area contributed by atoms with E-state index in [1.807, 2.05) is 0 Å². The topological polar surface area (TPSA) is 88.2 Å². The molecule has 3 rings (SSSR count). The molecule has 0 aliphatic rings. The van der Waals surface area contributed by atoms with Gasteiger partial charge in [-0.15, -0.1) is 0 Å². The van der Waals surface area contributed by atoms with Gasteiger partial charge in [0.2, 0.25) is 0 Å². The predicted octanol–water partition coefficient (Wildman–Crippen LogP) is 4.32. The van der Waals surface area contributed by atoms with Crippen LogP contribution in [0.2, 0.25) is 9.36 Å². The summed E-state index contributed by atoms with van der Waals surface area (Å²) >= 11 is 12.3. The Morgan fingerprint density at radius 3 is 2.46 bits per heavy atom. The van der Waals surface area contributed by atoms with Crippen molar-refractivity contribution in [3.8, 4) is 0 Å². The van der Waals surface area contributed by atoms with Crippen LogP contribution in [-0.2, 0) is 16.6 Å². The largest absolute Gasteiger partial charge is 0.348 e. The van der Waals surface area contributed by atoms with Crippen molar-refractivity contribution in [2.24, 2.45) is 0 Å². The highest BCUT2D eigenvalue weighted by Crippen LogP contribution is 2.25. The van der Waals surface area contributed by atoms with Gasteiger partial charge in [0.15, 0.2) is 5.13 Å². The zero-order valence-electron chi connectivity index (χ0n) is 13.9. The molecule has 2 aromatic carbocycles. The number of thiazole rings is 1. The zero-order chi connectivity index (χ0) is 20.3. The average Bonchev–Trinajstić information content (AvgIpc) is 3.06. The van der Waals surface area contributed by atoms with Gasteiger partial charge < -0.3 is 5.32 Å². The number of anilines is 1. The highest BCUT2D eigenvalue weighted by molar-refractivity contribution is 7.93. The third kappa shape index (κ3) is 4.99. The molecule has 0 spiro atoms. The molecular weight excluding hydrogens is 448 g/mol. The van der Waals surface area contributed by atoms with Crippen molar-refractivity contribution >= 4 is 55.6 Å². The molecule has 0 fully saturated rings. The second kappa shape index (κ2) is 8.44. The lowest BCUT2D eigenvalue weighted by molar-refractivity contribution is 0.0950. The van der Waals surface area contributed by atoms with Gasteiger partial charge in [-0.1, -0.05) is 40.6 Å². The molecule has 6 nitrogen and oxygen atoms in total. The Hall–Kier alpha value is -2.20. The normalized spacial score (nSPS) is 11.2. The summed E-state index contributed by atoms with van der Waals surface area (Å²) in [5.74, 6) is -1.00. The minimum absolute atomic E-state index is 0.000466. The van der Waals surface area contributed by atoms with Crippen LogP contribution in [0.15, 0.2) is 53.6 Å². The maximum atomic E-state index is 13.4. The van der Waals surface area contributed by atoms with Crippen molar-refractivity contribution in [2.45, 2.75) is 11.4 Å². The summed E-state index contributed by atoms with van der Waals surface area (Å²) in [6, 6.07) is 9.58. The minimum atomic E-state index is -3.85. The molecule has 146 valence electrons. The maximum Gasteiger partial charge on any atom is 0.263 e. The molecule has 2 N–H and O–H groups in total. The number of hydrogen-bond acceptors (Lipinski definition) is 5. The first-order valence-corrected chi connectivity index (χ1v) is 10.8. The lowest BCUT2D eigenvalue weighted by Crippen LogP contribution is -2.23. The predicted molar refractivity (Wildman–Crippen MR) is 107 cm³/mol. The number of sulfonamides is 1. The van der Waals surface area contributed by atoms with Crippen LogP contribution in [0.25, 0.3) is 0 Å². The van der Waals surface area contributed by atoms with Crippen molar-refractivity contribution < 1.29 is 17.6 Å². The van der Waals surface area contributed by atoms with Crippen LogP contribution in [0.1, 0.15) is 15.9 Å². The fourth-order valence-corrected chi connectivity index (χ4v) is 4.37. The molecule has 0 radical (unpaired) electrons. The molecule has 0 unspecified atom stereocenters. The van der Waals surface area contributed by atoms with Gasteiger partial charge in [0.25, 0.3) is 15.9 Å². The van der Waals surface area contributed by atoms with E-state index >= 15 is 0 Å². The minimum Gasteiger partial charge on any atom is -0.348 e. The smallest absolute Gasteiger partial charge is 0.263 e. The summed E-state index contributed by atoms with van der Waals surface area (Å²) in [5, 5.41) is 2.77.